The van der Waals surface area contributed by atoms with Crippen LogP contribution in [-0.4, -0.2) is 31.6 Å². The molecule has 5 heteroatoms. The van der Waals surface area contributed by atoms with Gasteiger partial charge in [0.2, 0.25) is 5.91 Å². The number of nitrogens with zero attached hydrogens (tertiary/aromatic N) is 1. The van der Waals surface area contributed by atoms with Crippen molar-refractivity contribution in [2.24, 2.45) is 5.73 Å². The molecule has 0 radical (unpaired) electrons. The largest absolute Gasteiger partial charge is 0.372 e. The first kappa shape index (κ1) is 16.4. The Hall–Kier alpha value is -1.62. The molecule has 1 unspecified atom stereocenters. The Morgan fingerprint density at radius 2 is 2.10 bits per heavy atom. The van der Waals surface area contributed by atoms with E-state index in [0.717, 1.165) is 6.42 Å². The highest BCUT2D eigenvalue weighted by Crippen LogP contribution is 2.19. The minimum absolute atomic E-state index is 0.237. The van der Waals surface area contributed by atoms with Crippen LogP contribution in [0.3, 0.4) is 0 Å². The molecule has 0 aromatic heterocycles. The summed E-state index contributed by atoms with van der Waals surface area (Å²) in [7, 11) is 1.84. The number of amides is 1. The summed E-state index contributed by atoms with van der Waals surface area (Å²) in [5, 5.41) is 3.12. The van der Waals surface area contributed by atoms with Crippen molar-refractivity contribution in [1.82, 2.24) is 5.32 Å². The summed E-state index contributed by atoms with van der Waals surface area (Å²) in [6.07, 6.45) is 1.37. The van der Waals surface area contributed by atoms with Gasteiger partial charge in [0.1, 0.15) is 5.82 Å². The number of primary amides is 1. The number of anilines is 1. The number of carbonyl (C=O) groups is 1. The fourth-order valence-corrected chi connectivity index (χ4v) is 2.24. The fourth-order valence-electron chi connectivity index (χ4n) is 2.24. The summed E-state index contributed by atoms with van der Waals surface area (Å²) in [6.45, 7) is 5.09. The van der Waals surface area contributed by atoms with Gasteiger partial charge in [0.05, 0.1) is 11.2 Å². The van der Waals surface area contributed by atoms with E-state index in [1.807, 2.05) is 25.8 Å². The third kappa shape index (κ3) is 4.20. The van der Waals surface area contributed by atoms with Crippen LogP contribution >= 0.6 is 0 Å². The molecule has 3 N–H and O–H groups in total. The van der Waals surface area contributed by atoms with E-state index in [1.54, 1.807) is 18.2 Å². The summed E-state index contributed by atoms with van der Waals surface area (Å²) >= 11 is 0. The third-order valence-corrected chi connectivity index (χ3v) is 3.54. The van der Waals surface area contributed by atoms with Gasteiger partial charge < -0.3 is 16.0 Å². The highest BCUT2D eigenvalue weighted by atomic mass is 19.1. The highest BCUT2D eigenvalue weighted by Gasteiger charge is 2.29. The molecule has 0 heterocycles. The molecule has 1 rings (SSSR count). The first-order valence-electron chi connectivity index (χ1n) is 6.91. The zero-order valence-electron chi connectivity index (χ0n) is 12.4. The zero-order chi connectivity index (χ0) is 15.2. The molecule has 0 fully saturated rings. The minimum Gasteiger partial charge on any atom is -0.372 e. The van der Waals surface area contributed by atoms with Gasteiger partial charge in [0.15, 0.2) is 0 Å². The zero-order valence-corrected chi connectivity index (χ0v) is 12.4. The average Bonchev–Trinajstić information content (AvgIpc) is 2.39. The molecule has 0 saturated carbocycles. The first-order valence-corrected chi connectivity index (χ1v) is 6.91. The van der Waals surface area contributed by atoms with Crippen LogP contribution in [0.2, 0.25) is 0 Å². The first-order chi connectivity index (χ1) is 9.40. The topological polar surface area (TPSA) is 58.4 Å². The Morgan fingerprint density at radius 1 is 1.45 bits per heavy atom. The van der Waals surface area contributed by atoms with Crippen LogP contribution in [0.25, 0.3) is 0 Å². The van der Waals surface area contributed by atoms with E-state index in [9.17, 15) is 9.18 Å². The number of halogens is 1. The molecule has 0 spiro atoms. The molecular formula is C15H24FN3O. The number of rotatable bonds is 8. The van der Waals surface area contributed by atoms with Crippen molar-refractivity contribution < 1.29 is 9.18 Å². The molecule has 20 heavy (non-hydrogen) atoms. The molecular weight excluding hydrogens is 257 g/mol. The summed E-state index contributed by atoms with van der Waals surface area (Å²) in [5.74, 6) is -0.591. The van der Waals surface area contributed by atoms with Crippen molar-refractivity contribution >= 4 is 11.6 Å². The molecule has 0 bridgehead atoms. The van der Waals surface area contributed by atoms with E-state index >= 15 is 0 Å². The van der Waals surface area contributed by atoms with E-state index in [4.69, 9.17) is 5.73 Å². The summed E-state index contributed by atoms with van der Waals surface area (Å²) in [4.78, 5) is 13.3. The average molecular weight is 281 g/mol. The molecule has 1 amide bonds. The van der Waals surface area contributed by atoms with Crippen LogP contribution in [0.5, 0.6) is 0 Å². The minimum atomic E-state index is -0.704. The van der Waals surface area contributed by atoms with Crippen LogP contribution in [0.4, 0.5) is 10.1 Å². The van der Waals surface area contributed by atoms with Gasteiger partial charge in [-0.25, -0.2) is 4.39 Å². The Kier molecular flexibility index (Phi) is 5.95. The Labute approximate surface area is 120 Å². The van der Waals surface area contributed by atoms with Crippen molar-refractivity contribution in [3.63, 3.8) is 0 Å². The van der Waals surface area contributed by atoms with Crippen molar-refractivity contribution in [3.05, 3.63) is 30.1 Å². The molecule has 1 aromatic rings. The summed E-state index contributed by atoms with van der Waals surface area (Å²) in [5.41, 5.74) is 5.30. The predicted molar refractivity (Wildman–Crippen MR) is 80.2 cm³/mol. The van der Waals surface area contributed by atoms with E-state index in [0.29, 0.717) is 25.2 Å². The molecule has 0 saturated heterocycles. The van der Waals surface area contributed by atoms with Crippen LogP contribution in [-0.2, 0) is 4.79 Å². The van der Waals surface area contributed by atoms with E-state index in [1.165, 1.54) is 6.07 Å². The summed E-state index contributed by atoms with van der Waals surface area (Å²) in [6, 6.07) is 6.66. The van der Waals surface area contributed by atoms with Crippen LogP contribution < -0.4 is 16.0 Å². The number of hydrogen-bond donors (Lipinski definition) is 2. The number of carbonyl (C=O) groups excluding carboxylic acids is 1. The quantitative estimate of drug-likeness (QED) is 0.765. The number of para-hydroxylation sites is 1. The maximum Gasteiger partial charge on any atom is 0.237 e. The van der Waals surface area contributed by atoms with Gasteiger partial charge in [-0.05, 0) is 38.4 Å². The van der Waals surface area contributed by atoms with Gasteiger partial charge in [-0.15, -0.1) is 0 Å². The number of hydrogen-bond acceptors (Lipinski definition) is 3. The number of nitrogens with one attached hydrogen (secondary N) is 1. The molecule has 0 aliphatic rings. The highest BCUT2D eigenvalue weighted by molar-refractivity contribution is 5.84. The lowest BCUT2D eigenvalue weighted by molar-refractivity contribution is -0.124. The lowest BCUT2D eigenvalue weighted by atomic mass is 9.94. The van der Waals surface area contributed by atoms with Crippen molar-refractivity contribution in [3.8, 4) is 0 Å². The van der Waals surface area contributed by atoms with Crippen LogP contribution in [0.1, 0.15) is 26.7 Å². The van der Waals surface area contributed by atoms with Crippen molar-refractivity contribution in [2.45, 2.75) is 32.2 Å². The van der Waals surface area contributed by atoms with E-state index in [2.05, 4.69) is 5.32 Å². The van der Waals surface area contributed by atoms with E-state index < -0.39 is 5.54 Å². The molecule has 1 aromatic carbocycles. The van der Waals surface area contributed by atoms with Gasteiger partial charge in [-0.3, -0.25) is 4.79 Å². The Morgan fingerprint density at radius 3 is 2.65 bits per heavy atom. The smallest absolute Gasteiger partial charge is 0.237 e. The predicted octanol–water partition coefficient (Wildman–Crippen LogP) is 1.90. The SMILES string of the molecule is CCNC(C)(CCCN(C)c1ccccc1F)C(N)=O. The second kappa shape index (κ2) is 7.24. The molecule has 4 nitrogen and oxygen atoms in total. The standard InChI is InChI=1S/C15H24FN3O/c1-4-18-15(2,14(17)20)10-7-11-19(3)13-9-6-5-8-12(13)16/h5-6,8-9,18H,4,7,10-11H2,1-3H3,(H2,17,20). The fraction of sp³-hybridized carbons (Fsp3) is 0.533. The second-order valence-electron chi connectivity index (χ2n) is 5.20. The van der Waals surface area contributed by atoms with Crippen molar-refractivity contribution in [1.29, 1.82) is 0 Å². The summed E-state index contributed by atoms with van der Waals surface area (Å²) < 4.78 is 13.6. The maximum absolute atomic E-state index is 13.6. The van der Waals surface area contributed by atoms with Crippen LogP contribution in [0, 0.1) is 5.82 Å². The Balaban J connectivity index is 2.55. The maximum atomic E-state index is 13.6. The number of benzene rings is 1. The molecule has 112 valence electrons. The van der Waals surface area contributed by atoms with Gasteiger partial charge in [-0.2, -0.15) is 0 Å². The lowest BCUT2D eigenvalue weighted by Crippen LogP contribution is -2.53. The lowest BCUT2D eigenvalue weighted by Gasteiger charge is -2.28. The normalized spacial score (nSPS) is 13.8. The molecule has 0 aliphatic heterocycles. The van der Waals surface area contributed by atoms with Gasteiger partial charge in [0.25, 0.3) is 0 Å². The molecule has 1 atom stereocenters. The molecule has 0 aliphatic carbocycles. The third-order valence-electron chi connectivity index (χ3n) is 3.54. The Bertz CT molecular complexity index is 452. The number of likely N-dealkylation sites (N-methyl/N-ethyl adjacent to an activating group) is 1. The van der Waals surface area contributed by atoms with E-state index in [-0.39, 0.29) is 11.7 Å². The monoisotopic (exact) mass is 281 g/mol. The second-order valence-corrected chi connectivity index (χ2v) is 5.20. The van der Waals surface area contributed by atoms with Gasteiger partial charge in [-0.1, -0.05) is 19.1 Å². The van der Waals surface area contributed by atoms with Gasteiger partial charge in [0, 0.05) is 13.6 Å². The van der Waals surface area contributed by atoms with Crippen LogP contribution in [0.15, 0.2) is 24.3 Å². The van der Waals surface area contributed by atoms with Gasteiger partial charge >= 0.3 is 0 Å². The van der Waals surface area contributed by atoms with Crippen molar-refractivity contribution in [2.75, 3.05) is 25.0 Å². The number of nitrogens with two attached hydrogens (primary N) is 1.